The molecule has 0 aliphatic carbocycles. The third-order valence-electron chi connectivity index (χ3n) is 4.88. The highest BCUT2D eigenvalue weighted by molar-refractivity contribution is 5.91. The number of aromatic nitrogens is 1. The second-order valence-electron chi connectivity index (χ2n) is 7.00. The number of aliphatic imine (C=N–C) groups is 1. The first kappa shape index (κ1) is 21.0. The standard InChI is InChI=1S/C24H24N2O4/c1-5-30-24(29)19-7-6-8-21(12-19)26-16(3)11-20(17(26)4)14-25-22-13-18(23(27)28)10-9-15(22)2/h6-14H,5H2,1-4H3,(H,27,28). The molecule has 0 bridgehead atoms. The second-order valence-corrected chi connectivity index (χ2v) is 7.00. The highest BCUT2D eigenvalue weighted by Crippen LogP contribution is 2.24. The van der Waals surface area contributed by atoms with Crippen molar-refractivity contribution in [3.05, 3.63) is 82.2 Å². The number of carbonyl (C=O) groups excluding carboxylic acids is 1. The van der Waals surface area contributed by atoms with Crippen LogP contribution in [-0.4, -0.2) is 34.4 Å². The van der Waals surface area contributed by atoms with Crippen molar-refractivity contribution < 1.29 is 19.4 Å². The van der Waals surface area contributed by atoms with Crippen LogP contribution in [0.25, 0.3) is 5.69 Å². The highest BCUT2D eigenvalue weighted by atomic mass is 16.5. The summed E-state index contributed by atoms with van der Waals surface area (Å²) in [7, 11) is 0. The van der Waals surface area contributed by atoms with Crippen LogP contribution < -0.4 is 0 Å². The van der Waals surface area contributed by atoms with E-state index in [2.05, 4.69) is 4.99 Å². The van der Waals surface area contributed by atoms with Gasteiger partial charge >= 0.3 is 11.9 Å². The monoisotopic (exact) mass is 404 g/mol. The molecule has 0 aliphatic heterocycles. The van der Waals surface area contributed by atoms with E-state index in [1.165, 1.54) is 0 Å². The molecule has 0 fully saturated rings. The van der Waals surface area contributed by atoms with Crippen LogP contribution in [0.2, 0.25) is 0 Å². The molecule has 30 heavy (non-hydrogen) atoms. The van der Waals surface area contributed by atoms with Crippen molar-refractivity contribution in [3.63, 3.8) is 0 Å². The van der Waals surface area contributed by atoms with Crippen molar-refractivity contribution in [2.45, 2.75) is 27.7 Å². The SMILES string of the molecule is CCOC(=O)c1cccc(-n2c(C)cc(C=Nc3cc(C(=O)O)ccc3C)c2C)c1. The fourth-order valence-electron chi connectivity index (χ4n) is 3.32. The summed E-state index contributed by atoms with van der Waals surface area (Å²) in [5.74, 6) is -1.33. The van der Waals surface area contributed by atoms with Crippen LogP contribution in [0.1, 0.15) is 50.2 Å². The number of rotatable bonds is 6. The molecule has 0 radical (unpaired) electrons. The lowest BCUT2D eigenvalue weighted by atomic mass is 10.1. The summed E-state index contributed by atoms with van der Waals surface area (Å²) in [6, 6.07) is 14.2. The first-order valence-corrected chi connectivity index (χ1v) is 9.66. The van der Waals surface area contributed by atoms with Crippen LogP contribution in [0.3, 0.4) is 0 Å². The molecule has 0 saturated heterocycles. The summed E-state index contributed by atoms with van der Waals surface area (Å²) in [6.45, 7) is 7.96. The average molecular weight is 404 g/mol. The molecule has 1 N–H and O–H groups in total. The molecular weight excluding hydrogens is 380 g/mol. The molecule has 154 valence electrons. The van der Waals surface area contributed by atoms with Gasteiger partial charge in [-0.25, -0.2) is 9.59 Å². The number of esters is 1. The van der Waals surface area contributed by atoms with Gasteiger partial charge in [0.05, 0.1) is 23.4 Å². The van der Waals surface area contributed by atoms with Crippen LogP contribution in [0.5, 0.6) is 0 Å². The molecule has 0 amide bonds. The van der Waals surface area contributed by atoms with Gasteiger partial charge in [0, 0.05) is 28.9 Å². The maximum atomic E-state index is 12.1. The summed E-state index contributed by atoms with van der Waals surface area (Å²) in [4.78, 5) is 27.8. The Hall–Kier alpha value is -3.67. The Kier molecular flexibility index (Phi) is 6.16. The van der Waals surface area contributed by atoms with Crippen LogP contribution in [0.4, 0.5) is 5.69 Å². The Balaban J connectivity index is 1.97. The van der Waals surface area contributed by atoms with Gasteiger partial charge in [0.25, 0.3) is 0 Å². The fourth-order valence-corrected chi connectivity index (χ4v) is 3.32. The molecule has 6 nitrogen and oxygen atoms in total. The normalized spacial score (nSPS) is 11.1. The van der Waals surface area contributed by atoms with Crippen molar-refractivity contribution in [1.82, 2.24) is 4.57 Å². The number of carbonyl (C=O) groups is 2. The zero-order valence-corrected chi connectivity index (χ0v) is 17.5. The number of benzene rings is 2. The van der Waals surface area contributed by atoms with E-state index in [-0.39, 0.29) is 11.5 Å². The van der Waals surface area contributed by atoms with Gasteiger partial charge in [-0.15, -0.1) is 0 Å². The molecule has 0 saturated carbocycles. The van der Waals surface area contributed by atoms with Gasteiger partial charge in [0.15, 0.2) is 0 Å². The number of carboxylic acid groups (broad SMARTS) is 1. The van der Waals surface area contributed by atoms with Crippen molar-refractivity contribution in [2.24, 2.45) is 4.99 Å². The molecule has 6 heteroatoms. The molecule has 0 atom stereocenters. The van der Waals surface area contributed by atoms with E-state index >= 15 is 0 Å². The number of ether oxygens (including phenoxy) is 1. The third-order valence-corrected chi connectivity index (χ3v) is 4.88. The Morgan fingerprint density at radius 1 is 1.07 bits per heavy atom. The summed E-state index contributed by atoms with van der Waals surface area (Å²) >= 11 is 0. The minimum absolute atomic E-state index is 0.203. The average Bonchev–Trinajstić information content (AvgIpc) is 3.00. The van der Waals surface area contributed by atoms with Gasteiger partial charge in [-0.3, -0.25) is 4.99 Å². The number of nitrogens with zero attached hydrogens (tertiary/aromatic N) is 2. The predicted octanol–water partition coefficient (Wildman–Crippen LogP) is 5.03. The summed E-state index contributed by atoms with van der Waals surface area (Å²) in [5, 5.41) is 9.20. The molecule has 3 aromatic rings. The predicted molar refractivity (Wildman–Crippen MR) is 117 cm³/mol. The quantitative estimate of drug-likeness (QED) is 0.462. The number of hydrogen-bond acceptors (Lipinski definition) is 4. The van der Waals surface area contributed by atoms with Crippen LogP contribution in [-0.2, 0) is 4.74 Å². The van der Waals surface area contributed by atoms with Gasteiger partial charge in [-0.05, 0) is 69.7 Å². The zero-order chi connectivity index (χ0) is 21.8. The van der Waals surface area contributed by atoms with E-state index in [1.807, 2.05) is 43.5 Å². The van der Waals surface area contributed by atoms with Gasteiger partial charge in [-0.1, -0.05) is 12.1 Å². The second kappa shape index (κ2) is 8.78. The van der Waals surface area contributed by atoms with E-state index in [0.717, 1.165) is 28.2 Å². The summed E-state index contributed by atoms with van der Waals surface area (Å²) < 4.78 is 7.14. The van der Waals surface area contributed by atoms with E-state index < -0.39 is 5.97 Å². The smallest absolute Gasteiger partial charge is 0.338 e. The lowest BCUT2D eigenvalue weighted by Crippen LogP contribution is -2.06. The Morgan fingerprint density at radius 3 is 2.53 bits per heavy atom. The minimum Gasteiger partial charge on any atom is -0.478 e. The molecule has 0 unspecified atom stereocenters. The van der Waals surface area contributed by atoms with Crippen LogP contribution >= 0.6 is 0 Å². The zero-order valence-electron chi connectivity index (χ0n) is 17.5. The molecule has 1 aromatic heterocycles. The first-order chi connectivity index (χ1) is 14.3. The fraction of sp³-hybridized carbons (Fsp3) is 0.208. The van der Waals surface area contributed by atoms with Crippen molar-refractivity contribution >= 4 is 23.8 Å². The van der Waals surface area contributed by atoms with Crippen molar-refractivity contribution in [2.75, 3.05) is 6.61 Å². The minimum atomic E-state index is -0.980. The summed E-state index contributed by atoms with van der Waals surface area (Å²) in [6.07, 6.45) is 1.74. The maximum absolute atomic E-state index is 12.1. The van der Waals surface area contributed by atoms with Gasteiger partial charge < -0.3 is 14.4 Å². The van der Waals surface area contributed by atoms with E-state index in [0.29, 0.717) is 17.9 Å². The number of aryl methyl sites for hydroxylation is 2. The molecule has 0 aliphatic rings. The lowest BCUT2D eigenvalue weighted by Gasteiger charge is -2.11. The molecule has 2 aromatic carbocycles. The number of carboxylic acids is 1. The molecular formula is C24H24N2O4. The maximum Gasteiger partial charge on any atom is 0.338 e. The highest BCUT2D eigenvalue weighted by Gasteiger charge is 2.13. The lowest BCUT2D eigenvalue weighted by molar-refractivity contribution is 0.0525. The first-order valence-electron chi connectivity index (χ1n) is 9.66. The van der Waals surface area contributed by atoms with Crippen LogP contribution in [0, 0.1) is 20.8 Å². The van der Waals surface area contributed by atoms with E-state index in [1.54, 1.807) is 43.5 Å². The van der Waals surface area contributed by atoms with Crippen LogP contribution in [0.15, 0.2) is 53.5 Å². The van der Waals surface area contributed by atoms with Gasteiger partial charge in [-0.2, -0.15) is 0 Å². The Morgan fingerprint density at radius 2 is 1.83 bits per heavy atom. The molecule has 0 spiro atoms. The third kappa shape index (κ3) is 4.33. The van der Waals surface area contributed by atoms with Gasteiger partial charge in [0.2, 0.25) is 0 Å². The van der Waals surface area contributed by atoms with Crippen molar-refractivity contribution in [1.29, 1.82) is 0 Å². The van der Waals surface area contributed by atoms with E-state index in [4.69, 9.17) is 4.74 Å². The molecule has 3 rings (SSSR count). The Bertz CT molecular complexity index is 1140. The van der Waals surface area contributed by atoms with E-state index in [9.17, 15) is 14.7 Å². The number of hydrogen-bond donors (Lipinski definition) is 1. The van der Waals surface area contributed by atoms with Gasteiger partial charge in [0.1, 0.15) is 0 Å². The molecule has 1 heterocycles. The topological polar surface area (TPSA) is 80.9 Å². The number of aromatic carboxylic acids is 1. The largest absolute Gasteiger partial charge is 0.478 e. The van der Waals surface area contributed by atoms with Crippen molar-refractivity contribution in [3.8, 4) is 5.69 Å². The Labute approximate surface area is 175 Å². The summed E-state index contributed by atoms with van der Waals surface area (Å²) in [5.41, 5.74) is 5.94.